The van der Waals surface area contributed by atoms with Gasteiger partial charge in [0.1, 0.15) is 5.82 Å². The number of nitrogens with zero attached hydrogens (tertiary/aromatic N) is 2. The number of piperidine rings is 1. The zero-order valence-electron chi connectivity index (χ0n) is 18.1. The molecule has 0 unspecified atom stereocenters. The van der Waals surface area contributed by atoms with Crippen LogP contribution in [0, 0.1) is 5.92 Å². The van der Waals surface area contributed by atoms with Crippen LogP contribution in [0.1, 0.15) is 44.2 Å². The van der Waals surface area contributed by atoms with Gasteiger partial charge in [0.15, 0.2) is 0 Å². The second-order valence-electron chi connectivity index (χ2n) is 8.97. The molecule has 0 amide bonds. The Morgan fingerprint density at radius 1 is 1.16 bits per heavy atom. The quantitative estimate of drug-likeness (QED) is 0.570. The highest BCUT2D eigenvalue weighted by Gasteiger charge is 2.35. The number of nitrogens with one attached hydrogen (secondary N) is 2. The van der Waals surface area contributed by atoms with E-state index in [2.05, 4.69) is 34.1 Å². The molecule has 1 aromatic heterocycles. The molecule has 168 valence electrons. The number of pyridine rings is 1. The van der Waals surface area contributed by atoms with Gasteiger partial charge >= 0.3 is 6.18 Å². The summed E-state index contributed by atoms with van der Waals surface area (Å²) in [5.74, 6) is 1.20. The number of fused-ring (bicyclic) bond motifs is 1. The van der Waals surface area contributed by atoms with Gasteiger partial charge in [0, 0.05) is 29.0 Å². The van der Waals surface area contributed by atoms with Crippen molar-refractivity contribution in [2.24, 2.45) is 5.92 Å². The van der Waals surface area contributed by atoms with Gasteiger partial charge in [0.05, 0.1) is 11.3 Å². The fourth-order valence-corrected chi connectivity index (χ4v) is 4.42. The van der Waals surface area contributed by atoms with E-state index in [4.69, 9.17) is 0 Å². The van der Waals surface area contributed by atoms with Gasteiger partial charge in [-0.15, -0.1) is 0 Å². The van der Waals surface area contributed by atoms with Crippen molar-refractivity contribution in [1.82, 2.24) is 9.88 Å². The van der Waals surface area contributed by atoms with Crippen LogP contribution in [-0.4, -0.2) is 48.8 Å². The Morgan fingerprint density at radius 3 is 2.55 bits per heavy atom. The standard InChI is InChI=1S/C24H31F3N4/c1-16(24(25,26)27)23-19-7-4-8-21(29-18-10-13-31(2)14-11-18)20(19)15-22(30-23)28-12-9-17-5-3-6-17/h4,7-8,15,17-18,29H,1,3,5-6,9-14H2,2H3,(H,28,30). The third kappa shape index (κ3) is 5.14. The predicted molar refractivity (Wildman–Crippen MR) is 121 cm³/mol. The Kier molecular flexibility index (Phi) is 6.42. The zero-order chi connectivity index (χ0) is 22.0. The normalized spacial score (nSPS) is 18.7. The molecule has 1 aliphatic carbocycles. The summed E-state index contributed by atoms with van der Waals surface area (Å²) >= 11 is 0. The molecule has 2 heterocycles. The maximum absolute atomic E-state index is 13.5. The molecule has 2 N–H and O–H groups in total. The number of alkyl halides is 3. The monoisotopic (exact) mass is 432 g/mol. The van der Waals surface area contributed by atoms with E-state index in [0.717, 1.165) is 49.3 Å². The van der Waals surface area contributed by atoms with Gasteiger partial charge in [0.25, 0.3) is 0 Å². The molecule has 2 fully saturated rings. The molecule has 0 atom stereocenters. The number of benzene rings is 1. The van der Waals surface area contributed by atoms with E-state index in [1.165, 1.54) is 19.3 Å². The maximum atomic E-state index is 13.5. The van der Waals surface area contributed by atoms with E-state index < -0.39 is 11.7 Å². The van der Waals surface area contributed by atoms with Gasteiger partial charge in [-0.3, -0.25) is 0 Å². The van der Waals surface area contributed by atoms with Gasteiger partial charge in [0.2, 0.25) is 0 Å². The van der Waals surface area contributed by atoms with Crippen molar-refractivity contribution in [3.8, 4) is 0 Å². The van der Waals surface area contributed by atoms with E-state index >= 15 is 0 Å². The van der Waals surface area contributed by atoms with Gasteiger partial charge in [-0.2, -0.15) is 13.2 Å². The smallest absolute Gasteiger partial charge is 0.382 e. The molecular weight excluding hydrogens is 401 g/mol. The molecule has 4 rings (SSSR count). The van der Waals surface area contributed by atoms with Crippen LogP contribution in [0.25, 0.3) is 16.3 Å². The Balaban J connectivity index is 1.65. The summed E-state index contributed by atoms with van der Waals surface area (Å²) in [5.41, 5.74) is -0.146. The Labute approximate surface area is 181 Å². The van der Waals surface area contributed by atoms with Crippen molar-refractivity contribution in [2.75, 3.05) is 37.3 Å². The SMILES string of the molecule is C=C(c1nc(NCCC2CCC2)cc2c(NC3CCN(C)CC3)cccc12)C(F)(F)F. The van der Waals surface area contributed by atoms with E-state index in [1.807, 2.05) is 12.1 Å². The first-order chi connectivity index (χ1) is 14.8. The molecule has 1 aromatic carbocycles. The van der Waals surface area contributed by atoms with Gasteiger partial charge < -0.3 is 15.5 Å². The first kappa shape index (κ1) is 21.9. The summed E-state index contributed by atoms with van der Waals surface area (Å²) in [7, 11) is 2.11. The number of likely N-dealkylation sites (tertiary alicyclic amines) is 1. The van der Waals surface area contributed by atoms with Crippen LogP contribution in [-0.2, 0) is 0 Å². The highest BCUT2D eigenvalue weighted by Crippen LogP contribution is 2.38. The summed E-state index contributed by atoms with van der Waals surface area (Å²) in [6.07, 6.45) is 2.27. The minimum atomic E-state index is -4.53. The van der Waals surface area contributed by atoms with Crippen LogP contribution in [0.5, 0.6) is 0 Å². The molecule has 1 saturated carbocycles. The van der Waals surface area contributed by atoms with E-state index in [1.54, 1.807) is 12.1 Å². The third-order valence-corrected chi connectivity index (χ3v) is 6.66. The summed E-state index contributed by atoms with van der Waals surface area (Å²) in [6, 6.07) is 7.61. The Bertz CT molecular complexity index is 928. The van der Waals surface area contributed by atoms with Gasteiger partial charge in [-0.1, -0.05) is 38.0 Å². The predicted octanol–water partition coefficient (Wildman–Crippen LogP) is 5.92. The third-order valence-electron chi connectivity index (χ3n) is 6.66. The summed E-state index contributed by atoms with van der Waals surface area (Å²) < 4.78 is 40.6. The number of anilines is 2. The van der Waals surface area contributed by atoms with Crippen LogP contribution in [0.4, 0.5) is 24.7 Å². The van der Waals surface area contributed by atoms with Crippen LogP contribution in [0.2, 0.25) is 0 Å². The topological polar surface area (TPSA) is 40.2 Å². The van der Waals surface area contributed by atoms with Crippen molar-refractivity contribution >= 4 is 27.9 Å². The minimum Gasteiger partial charge on any atom is -0.382 e. The molecule has 2 aromatic rings. The molecule has 1 saturated heterocycles. The average molecular weight is 433 g/mol. The summed E-state index contributed by atoms with van der Waals surface area (Å²) in [6.45, 7) is 6.06. The summed E-state index contributed by atoms with van der Waals surface area (Å²) in [4.78, 5) is 6.63. The molecule has 0 spiro atoms. The first-order valence-electron chi connectivity index (χ1n) is 11.2. The lowest BCUT2D eigenvalue weighted by Gasteiger charge is -2.30. The molecule has 0 radical (unpaired) electrons. The van der Waals surface area contributed by atoms with Crippen LogP contribution in [0.15, 0.2) is 30.8 Å². The fourth-order valence-electron chi connectivity index (χ4n) is 4.42. The van der Waals surface area contributed by atoms with Crippen LogP contribution >= 0.6 is 0 Å². The Morgan fingerprint density at radius 2 is 1.90 bits per heavy atom. The van der Waals surface area contributed by atoms with Crippen molar-refractivity contribution < 1.29 is 13.2 Å². The molecule has 31 heavy (non-hydrogen) atoms. The highest BCUT2D eigenvalue weighted by atomic mass is 19.4. The molecule has 1 aliphatic heterocycles. The van der Waals surface area contributed by atoms with Crippen molar-refractivity contribution in [3.63, 3.8) is 0 Å². The molecule has 2 aliphatic rings. The van der Waals surface area contributed by atoms with E-state index in [-0.39, 0.29) is 5.69 Å². The van der Waals surface area contributed by atoms with Crippen molar-refractivity contribution in [3.05, 3.63) is 36.5 Å². The second kappa shape index (κ2) is 9.07. The maximum Gasteiger partial charge on any atom is 0.417 e. The number of rotatable bonds is 7. The van der Waals surface area contributed by atoms with E-state index in [0.29, 0.717) is 23.8 Å². The zero-order valence-corrected chi connectivity index (χ0v) is 18.1. The highest BCUT2D eigenvalue weighted by molar-refractivity contribution is 6.01. The largest absolute Gasteiger partial charge is 0.417 e. The number of halogens is 3. The summed E-state index contributed by atoms with van der Waals surface area (Å²) in [5, 5.41) is 8.07. The number of hydrogen-bond acceptors (Lipinski definition) is 4. The Hall–Kier alpha value is -2.28. The van der Waals surface area contributed by atoms with E-state index in [9.17, 15) is 13.2 Å². The number of hydrogen-bond donors (Lipinski definition) is 2. The second-order valence-corrected chi connectivity index (χ2v) is 8.97. The van der Waals surface area contributed by atoms with Crippen molar-refractivity contribution in [2.45, 2.75) is 50.7 Å². The van der Waals surface area contributed by atoms with Crippen molar-refractivity contribution in [1.29, 1.82) is 0 Å². The fraction of sp³-hybridized carbons (Fsp3) is 0.542. The first-order valence-corrected chi connectivity index (χ1v) is 11.2. The lowest BCUT2D eigenvalue weighted by Crippen LogP contribution is -2.36. The minimum absolute atomic E-state index is 0.0943. The van der Waals surface area contributed by atoms with Crippen LogP contribution in [0.3, 0.4) is 0 Å². The molecular formula is C24H31F3N4. The van der Waals surface area contributed by atoms with Gasteiger partial charge in [-0.05, 0) is 57.5 Å². The lowest BCUT2D eigenvalue weighted by atomic mass is 9.83. The molecule has 0 bridgehead atoms. The van der Waals surface area contributed by atoms with Crippen LogP contribution < -0.4 is 10.6 Å². The van der Waals surface area contributed by atoms with Gasteiger partial charge in [-0.25, -0.2) is 4.98 Å². The lowest BCUT2D eigenvalue weighted by molar-refractivity contribution is -0.0688. The molecule has 7 heteroatoms. The number of aromatic nitrogens is 1. The number of allylic oxidation sites excluding steroid dienone is 1. The molecule has 4 nitrogen and oxygen atoms in total. The average Bonchev–Trinajstić information content (AvgIpc) is 2.70.